The van der Waals surface area contributed by atoms with Crippen molar-refractivity contribution in [3.63, 3.8) is 0 Å². The van der Waals surface area contributed by atoms with Crippen LogP contribution in [0.4, 0.5) is 0 Å². The number of phenolic OH excluding ortho intramolecular Hbond substituents is 2. The molecule has 6 unspecified atom stereocenters. The zero-order valence-corrected chi connectivity index (χ0v) is 17.5. The molecule has 6 atom stereocenters. The maximum absolute atomic E-state index is 12.8. The van der Waals surface area contributed by atoms with Crippen molar-refractivity contribution < 1.29 is 54.4 Å². The number of ketones is 1. The Morgan fingerprint density at radius 2 is 1.82 bits per heavy atom. The standard InChI is InChI=1S/C22H24O11/c1-30-9-5-11(25)17-12(26)7-15(31-14(17)6-9)18-10(24)3-2-4-13(18)32-22-21(29)20(28)19(27)16(8-23)33-22/h2-6,15-16,19-25,27-29H,7-8H2,1H3. The van der Waals surface area contributed by atoms with Crippen molar-refractivity contribution in [2.24, 2.45) is 0 Å². The second-order valence-electron chi connectivity index (χ2n) is 7.76. The summed E-state index contributed by atoms with van der Waals surface area (Å²) in [4.78, 5) is 12.8. The molecule has 0 aromatic heterocycles. The van der Waals surface area contributed by atoms with Crippen LogP contribution in [0.25, 0.3) is 0 Å². The molecule has 2 heterocycles. The van der Waals surface area contributed by atoms with Crippen LogP contribution in [0.15, 0.2) is 30.3 Å². The van der Waals surface area contributed by atoms with Crippen molar-refractivity contribution in [2.75, 3.05) is 13.7 Å². The normalized spacial score (nSPS) is 29.2. The first kappa shape index (κ1) is 23.1. The summed E-state index contributed by atoms with van der Waals surface area (Å²) in [6.07, 6.45) is -8.86. The molecule has 4 rings (SSSR count). The number of rotatable bonds is 5. The minimum absolute atomic E-state index is 0.0149. The molecule has 2 aliphatic rings. The van der Waals surface area contributed by atoms with Gasteiger partial charge in [-0.1, -0.05) is 6.07 Å². The predicted octanol–water partition coefficient (Wildman–Crippen LogP) is -0.00840. The zero-order chi connectivity index (χ0) is 23.9. The van der Waals surface area contributed by atoms with Crippen LogP contribution < -0.4 is 14.2 Å². The molecule has 11 nitrogen and oxygen atoms in total. The molecular formula is C22H24O11. The van der Waals surface area contributed by atoms with Gasteiger partial charge in [0.05, 0.1) is 25.7 Å². The Hall–Kier alpha value is -3.09. The van der Waals surface area contributed by atoms with Crippen LogP contribution in [0.2, 0.25) is 0 Å². The Balaban J connectivity index is 1.67. The number of fused-ring (bicyclic) bond motifs is 1. The molecule has 0 aliphatic carbocycles. The molecule has 2 aromatic carbocycles. The highest BCUT2D eigenvalue weighted by Gasteiger charge is 2.45. The van der Waals surface area contributed by atoms with Crippen LogP contribution in [0.1, 0.15) is 28.4 Å². The van der Waals surface area contributed by atoms with Gasteiger partial charge in [-0.15, -0.1) is 0 Å². The highest BCUT2D eigenvalue weighted by molar-refractivity contribution is 6.02. The fourth-order valence-electron chi connectivity index (χ4n) is 3.94. The zero-order valence-electron chi connectivity index (χ0n) is 17.5. The minimum atomic E-state index is -1.67. The van der Waals surface area contributed by atoms with Crippen molar-refractivity contribution in [3.05, 3.63) is 41.5 Å². The van der Waals surface area contributed by atoms with E-state index in [0.717, 1.165) is 0 Å². The summed E-state index contributed by atoms with van der Waals surface area (Å²) >= 11 is 0. The van der Waals surface area contributed by atoms with E-state index in [4.69, 9.17) is 18.9 Å². The van der Waals surface area contributed by atoms with Gasteiger partial charge in [0.2, 0.25) is 6.29 Å². The maximum Gasteiger partial charge on any atom is 0.229 e. The van der Waals surface area contributed by atoms with Gasteiger partial charge in [0.1, 0.15) is 64.8 Å². The first-order valence-electron chi connectivity index (χ1n) is 10.1. The number of Topliss-reactive ketones (excluding diaryl/α,β-unsaturated/α-hetero) is 1. The van der Waals surface area contributed by atoms with E-state index >= 15 is 0 Å². The van der Waals surface area contributed by atoms with Crippen molar-refractivity contribution in [2.45, 2.75) is 43.2 Å². The Labute approximate surface area is 188 Å². The number of aliphatic hydroxyl groups is 4. The van der Waals surface area contributed by atoms with Crippen LogP contribution in [-0.4, -0.2) is 80.8 Å². The van der Waals surface area contributed by atoms with E-state index in [2.05, 4.69) is 0 Å². The van der Waals surface area contributed by atoms with Gasteiger partial charge >= 0.3 is 0 Å². The van der Waals surface area contributed by atoms with Gasteiger partial charge in [-0.3, -0.25) is 4.79 Å². The predicted molar refractivity (Wildman–Crippen MR) is 109 cm³/mol. The number of carbonyl (C=O) groups excluding carboxylic acids is 1. The van der Waals surface area contributed by atoms with Crippen molar-refractivity contribution in [3.8, 4) is 28.7 Å². The van der Waals surface area contributed by atoms with E-state index in [0.29, 0.717) is 0 Å². The van der Waals surface area contributed by atoms with Gasteiger partial charge in [0.15, 0.2) is 5.78 Å². The number of benzene rings is 2. The first-order valence-corrected chi connectivity index (χ1v) is 10.1. The Morgan fingerprint density at radius 1 is 1.06 bits per heavy atom. The van der Waals surface area contributed by atoms with Gasteiger partial charge in [-0.05, 0) is 12.1 Å². The third kappa shape index (κ3) is 4.16. The van der Waals surface area contributed by atoms with E-state index in [1.807, 2.05) is 0 Å². The lowest BCUT2D eigenvalue weighted by Gasteiger charge is -2.40. The number of aromatic hydroxyl groups is 2. The lowest BCUT2D eigenvalue weighted by atomic mass is 9.94. The van der Waals surface area contributed by atoms with Crippen LogP contribution in [0.5, 0.6) is 28.7 Å². The Kier molecular flexibility index (Phi) is 6.32. The van der Waals surface area contributed by atoms with Crippen LogP contribution in [0, 0.1) is 0 Å². The van der Waals surface area contributed by atoms with Crippen LogP contribution in [-0.2, 0) is 4.74 Å². The van der Waals surface area contributed by atoms with E-state index in [9.17, 15) is 35.4 Å². The summed E-state index contributed by atoms with van der Waals surface area (Å²) in [7, 11) is 1.39. The highest BCUT2D eigenvalue weighted by Crippen LogP contribution is 2.46. The number of methoxy groups -OCH3 is 1. The number of ether oxygens (including phenoxy) is 4. The SMILES string of the molecule is COc1cc(O)c2c(c1)OC(c1c(O)cccc1OC1OC(CO)C(O)C(O)C1O)CC2=O. The van der Waals surface area contributed by atoms with E-state index in [1.165, 1.54) is 37.4 Å². The molecule has 178 valence electrons. The molecule has 33 heavy (non-hydrogen) atoms. The molecule has 0 spiro atoms. The summed E-state index contributed by atoms with van der Waals surface area (Å²) in [5, 5.41) is 60.3. The van der Waals surface area contributed by atoms with E-state index in [-0.39, 0.29) is 46.3 Å². The van der Waals surface area contributed by atoms with Gasteiger partial charge < -0.3 is 49.6 Å². The summed E-state index contributed by atoms with van der Waals surface area (Å²) in [6.45, 7) is -0.639. The molecule has 2 aliphatic heterocycles. The molecule has 0 saturated carbocycles. The smallest absolute Gasteiger partial charge is 0.229 e. The minimum Gasteiger partial charge on any atom is -0.507 e. The van der Waals surface area contributed by atoms with Crippen LogP contribution >= 0.6 is 0 Å². The topological polar surface area (TPSA) is 175 Å². The fourth-order valence-corrected chi connectivity index (χ4v) is 3.94. The number of aliphatic hydroxyl groups excluding tert-OH is 4. The summed E-state index contributed by atoms with van der Waals surface area (Å²) in [5.74, 6) is -0.727. The summed E-state index contributed by atoms with van der Waals surface area (Å²) in [5.41, 5.74) is 0.0506. The molecule has 1 fully saturated rings. The number of phenols is 2. The quantitative estimate of drug-likeness (QED) is 0.351. The lowest BCUT2D eigenvalue weighted by Crippen LogP contribution is -2.60. The highest BCUT2D eigenvalue weighted by atomic mass is 16.7. The Bertz CT molecular complexity index is 1040. The monoisotopic (exact) mass is 464 g/mol. The molecule has 0 amide bonds. The molecule has 11 heteroatoms. The molecule has 6 N–H and O–H groups in total. The second-order valence-corrected chi connectivity index (χ2v) is 7.76. The Morgan fingerprint density at radius 3 is 2.52 bits per heavy atom. The summed E-state index contributed by atoms with van der Waals surface area (Å²) in [6, 6.07) is 6.95. The van der Waals surface area contributed by atoms with Crippen LogP contribution in [0.3, 0.4) is 0 Å². The fraction of sp³-hybridized carbons (Fsp3) is 0.409. The molecule has 0 bridgehead atoms. The number of hydrogen-bond donors (Lipinski definition) is 6. The maximum atomic E-state index is 12.8. The van der Waals surface area contributed by atoms with E-state index < -0.39 is 49.2 Å². The van der Waals surface area contributed by atoms with Crippen molar-refractivity contribution >= 4 is 5.78 Å². The van der Waals surface area contributed by atoms with Gasteiger partial charge in [-0.2, -0.15) is 0 Å². The third-order valence-electron chi connectivity index (χ3n) is 5.67. The molecule has 0 radical (unpaired) electrons. The van der Waals surface area contributed by atoms with Gasteiger partial charge in [-0.25, -0.2) is 0 Å². The first-order chi connectivity index (χ1) is 15.7. The molecule has 2 aromatic rings. The largest absolute Gasteiger partial charge is 0.507 e. The third-order valence-corrected chi connectivity index (χ3v) is 5.67. The average molecular weight is 464 g/mol. The average Bonchev–Trinajstić information content (AvgIpc) is 2.78. The van der Waals surface area contributed by atoms with E-state index in [1.54, 1.807) is 0 Å². The molecule has 1 saturated heterocycles. The number of hydrogen-bond acceptors (Lipinski definition) is 11. The van der Waals surface area contributed by atoms with Gasteiger partial charge in [0.25, 0.3) is 0 Å². The lowest BCUT2D eigenvalue weighted by molar-refractivity contribution is -0.277. The second kappa shape index (κ2) is 9.04. The van der Waals surface area contributed by atoms with Crippen molar-refractivity contribution in [1.29, 1.82) is 0 Å². The van der Waals surface area contributed by atoms with Crippen molar-refractivity contribution in [1.82, 2.24) is 0 Å². The summed E-state index contributed by atoms with van der Waals surface area (Å²) < 4.78 is 22.1. The number of carbonyl (C=O) groups is 1. The molecular weight excluding hydrogens is 440 g/mol. The van der Waals surface area contributed by atoms with Gasteiger partial charge in [0, 0.05) is 12.1 Å².